The minimum Gasteiger partial charge on any atom is -0.361 e. The van der Waals surface area contributed by atoms with Crippen LogP contribution in [0.1, 0.15) is 47.0 Å². The van der Waals surface area contributed by atoms with Gasteiger partial charge in [-0.1, -0.05) is 35.0 Å². The van der Waals surface area contributed by atoms with Crippen LogP contribution in [-0.4, -0.2) is 11.1 Å². The van der Waals surface area contributed by atoms with Gasteiger partial charge >= 0.3 is 0 Å². The molecular formula is C18H22N2O2. The predicted molar refractivity (Wildman–Crippen MR) is 84.5 cm³/mol. The summed E-state index contributed by atoms with van der Waals surface area (Å²) >= 11 is 0. The number of hydrogen-bond acceptors (Lipinski definition) is 3. The number of carbonyl (C=O) groups is 1. The monoisotopic (exact) mass is 298 g/mol. The van der Waals surface area contributed by atoms with Gasteiger partial charge in [0.05, 0.1) is 18.2 Å². The van der Waals surface area contributed by atoms with Gasteiger partial charge in [0.2, 0.25) is 5.91 Å². The van der Waals surface area contributed by atoms with E-state index in [0.29, 0.717) is 12.3 Å². The summed E-state index contributed by atoms with van der Waals surface area (Å²) in [5.41, 5.74) is 4.13. The molecule has 4 heteroatoms. The van der Waals surface area contributed by atoms with E-state index in [1.165, 1.54) is 24.0 Å². The molecule has 1 aliphatic rings. The number of amides is 1. The van der Waals surface area contributed by atoms with Gasteiger partial charge in [0.1, 0.15) is 5.76 Å². The Labute approximate surface area is 130 Å². The third kappa shape index (κ3) is 3.21. The molecule has 1 N–H and O–H groups in total. The summed E-state index contributed by atoms with van der Waals surface area (Å²) in [6, 6.07) is 8.56. The molecule has 0 aliphatic heterocycles. The molecule has 3 rings (SSSR count). The van der Waals surface area contributed by atoms with Crippen molar-refractivity contribution in [3.63, 3.8) is 0 Å². The van der Waals surface area contributed by atoms with Gasteiger partial charge in [-0.15, -0.1) is 0 Å². The van der Waals surface area contributed by atoms with Crippen LogP contribution < -0.4 is 5.32 Å². The Bertz CT molecular complexity index is 649. The zero-order valence-corrected chi connectivity index (χ0v) is 13.3. The highest BCUT2D eigenvalue weighted by Crippen LogP contribution is 2.41. The van der Waals surface area contributed by atoms with Crippen molar-refractivity contribution in [2.45, 2.75) is 46.1 Å². The maximum Gasteiger partial charge on any atom is 0.225 e. The minimum atomic E-state index is 0.0341. The lowest BCUT2D eigenvalue weighted by Gasteiger charge is -2.19. The summed E-state index contributed by atoms with van der Waals surface area (Å²) in [5, 5.41) is 7.11. The van der Waals surface area contributed by atoms with Crippen molar-refractivity contribution in [2.75, 3.05) is 0 Å². The molecule has 1 fully saturated rings. The number of rotatable bonds is 5. The molecule has 116 valence electrons. The lowest BCUT2D eigenvalue weighted by Crippen LogP contribution is -2.31. The highest BCUT2D eigenvalue weighted by Gasteiger charge is 2.33. The number of benzene rings is 1. The van der Waals surface area contributed by atoms with Crippen molar-refractivity contribution in [3.8, 4) is 0 Å². The summed E-state index contributed by atoms with van der Waals surface area (Å²) < 4.78 is 5.13. The standard InChI is InChI=1S/C18H22N2O2/c1-11-4-6-14(7-5-11)18(15-8-9-15)19-17(21)10-16-12(2)20-22-13(16)3/h4-7,15,18H,8-10H2,1-3H3,(H,19,21). The summed E-state index contributed by atoms with van der Waals surface area (Å²) in [5.74, 6) is 1.33. The first-order valence-corrected chi connectivity index (χ1v) is 7.82. The second-order valence-corrected chi connectivity index (χ2v) is 6.27. The van der Waals surface area contributed by atoms with E-state index in [2.05, 4.69) is 41.7 Å². The summed E-state index contributed by atoms with van der Waals surface area (Å²) in [6.07, 6.45) is 2.70. The van der Waals surface area contributed by atoms with E-state index in [1.54, 1.807) is 0 Å². The Morgan fingerprint density at radius 2 is 1.95 bits per heavy atom. The first kappa shape index (κ1) is 14.8. The molecule has 1 saturated carbocycles. The molecule has 1 aromatic carbocycles. The molecule has 1 amide bonds. The van der Waals surface area contributed by atoms with Crippen LogP contribution >= 0.6 is 0 Å². The molecule has 1 atom stereocenters. The molecule has 4 nitrogen and oxygen atoms in total. The second kappa shape index (κ2) is 5.95. The smallest absolute Gasteiger partial charge is 0.225 e. The number of nitrogens with one attached hydrogen (secondary N) is 1. The molecular weight excluding hydrogens is 276 g/mol. The normalized spacial score (nSPS) is 15.6. The molecule has 1 aromatic heterocycles. The van der Waals surface area contributed by atoms with Crippen molar-refractivity contribution in [1.82, 2.24) is 10.5 Å². The third-order valence-corrected chi connectivity index (χ3v) is 4.36. The maximum absolute atomic E-state index is 12.4. The van der Waals surface area contributed by atoms with Gasteiger partial charge in [-0.3, -0.25) is 4.79 Å². The number of hydrogen-bond donors (Lipinski definition) is 1. The molecule has 1 heterocycles. The quantitative estimate of drug-likeness (QED) is 0.920. The number of aromatic nitrogens is 1. The van der Waals surface area contributed by atoms with E-state index < -0.39 is 0 Å². The van der Waals surface area contributed by atoms with Gasteiger partial charge < -0.3 is 9.84 Å². The van der Waals surface area contributed by atoms with Crippen molar-refractivity contribution in [1.29, 1.82) is 0 Å². The Kier molecular flexibility index (Phi) is 4.01. The topological polar surface area (TPSA) is 55.1 Å². The average Bonchev–Trinajstić information content (AvgIpc) is 3.28. The fourth-order valence-electron chi connectivity index (χ4n) is 2.82. The SMILES string of the molecule is Cc1ccc(C(NC(=O)Cc2c(C)noc2C)C2CC2)cc1. The molecule has 0 radical (unpaired) electrons. The van der Waals surface area contributed by atoms with Crippen LogP contribution in [0.5, 0.6) is 0 Å². The van der Waals surface area contributed by atoms with Gasteiger partial charge in [0, 0.05) is 5.56 Å². The lowest BCUT2D eigenvalue weighted by atomic mass is 10.0. The van der Waals surface area contributed by atoms with Gasteiger partial charge in [0.15, 0.2) is 0 Å². The van der Waals surface area contributed by atoms with Crippen LogP contribution in [-0.2, 0) is 11.2 Å². The fourth-order valence-corrected chi connectivity index (χ4v) is 2.82. The molecule has 1 unspecified atom stereocenters. The zero-order valence-electron chi connectivity index (χ0n) is 13.3. The Morgan fingerprint density at radius 1 is 1.27 bits per heavy atom. The second-order valence-electron chi connectivity index (χ2n) is 6.27. The molecule has 0 bridgehead atoms. The number of aryl methyl sites for hydroxylation is 3. The van der Waals surface area contributed by atoms with Crippen LogP contribution in [0.2, 0.25) is 0 Å². The Morgan fingerprint density at radius 3 is 2.50 bits per heavy atom. The van der Waals surface area contributed by atoms with Crippen molar-refractivity contribution in [2.24, 2.45) is 5.92 Å². The van der Waals surface area contributed by atoms with Crippen molar-refractivity contribution in [3.05, 3.63) is 52.4 Å². The predicted octanol–water partition coefficient (Wildman–Crippen LogP) is 3.41. The summed E-state index contributed by atoms with van der Waals surface area (Å²) in [7, 11) is 0. The van der Waals surface area contributed by atoms with Gasteiger partial charge in [-0.05, 0) is 45.1 Å². The van der Waals surface area contributed by atoms with E-state index >= 15 is 0 Å². The van der Waals surface area contributed by atoms with Gasteiger partial charge in [-0.25, -0.2) is 0 Å². The van der Waals surface area contributed by atoms with E-state index in [9.17, 15) is 4.79 Å². The third-order valence-electron chi connectivity index (χ3n) is 4.36. The largest absolute Gasteiger partial charge is 0.361 e. The maximum atomic E-state index is 12.4. The summed E-state index contributed by atoms with van der Waals surface area (Å²) in [6.45, 7) is 5.80. The molecule has 22 heavy (non-hydrogen) atoms. The van der Waals surface area contributed by atoms with E-state index in [4.69, 9.17) is 4.52 Å². The van der Waals surface area contributed by atoms with Gasteiger partial charge in [-0.2, -0.15) is 0 Å². The molecule has 1 aliphatic carbocycles. The van der Waals surface area contributed by atoms with E-state index in [1.807, 2.05) is 13.8 Å². The Balaban J connectivity index is 1.71. The van der Waals surface area contributed by atoms with E-state index in [0.717, 1.165) is 17.0 Å². The number of carbonyl (C=O) groups excluding carboxylic acids is 1. The highest BCUT2D eigenvalue weighted by molar-refractivity contribution is 5.79. The molecule has 2 aromatic rings. The average molecular weight is 298 g/mol. The zero-order chi connectivity index (χ0) is 15.7. The van der Waals surface area contributed by atoms with Crippen LogP contribution in [0, 0.1) is 26.7 Å². The van der Waals surface area contributed by atoms with Crippen LogP contribution in [0.4, 0.5) is 0 Å². The van der Waals surface area contributed by atoms with Crippen LogP contribution in [0.15, 0.2) is 28.8 Å². The van der Waals surface area contributed by atoms with Crippen molar-refractivity contribution >= 4 is 5.91 Å². The number of nitrogens with zero attached hydrogens (tertiary/aromatic N) is 1. The van der Waals surface area contributed by atoms with Crippen molar-refractivity contribution < 1.29 is 9.32 Å². The first-order valence-electron chi connectivity index (χ1n) is 7.82. The first-order chi connectivity index (χ1) is 10.5. The summed E-state index contributed by atoms with van der Waals surface area (Å²) in [4.78, 5) is 12.4. The molecule has 0 spiro atoms. The fraction of sp³-hybridized carbons (Fsp3) is 0.444. The van der Waals surface area contributed by atoms with E-state index in [-0.39, 0.29) is 11.9 Å². The highest BCUT2D eigenvalue weighted by atomic mass is 16.5. The molecule has 0 saturated heterocycles. The minimum absolute atomic E-state index is 0.0341. The van der Waals surface area contributed by atoms with Crippen LogP contribution in [0.3, 0.4) is 0 Å². The van der Waals surface area contributed by atoms with Gasteiger partial charge in [0.25, 0.3) is 0 Å². The van der Waals surface area contributed by atoms with Crippen LogP contribution in [0.25, 0.3) is 0 Å². The Hall–Kier alpha value is -2.10. The lowest BCUT2D eigenvalue weighted by molar-refractivity contribution is -0.121.